The Balaban J connectivity index is 2.13. The maximum atomic E-state index is 5.73. The average Bonchev–Trinajstić information content (AvgIpc) is 2.88. The molecule has 0 fully saturated rings. The van der Waals surface area contributed by atoms with E-state index in [1.165, 1.54) is 0 Å². The van der Waals surface area contributed by atoms with Crippen LogP contribution in [0.2, 0.25) is 0 Å². The highest BCUT2D eigenvalue weighted by molar-refractivity contribution is 5.60. The minimum absolute atomic E-state index is 0.664. The lowest BCUT2D eigenvalue weighted by Gasteiger charge is -2.05. The maximum Gasteiger partial charge on any atom is 0.208 e. The molecule has 1 aromatic heterocycles. The van der Waals surface area contributed by atoms with E-state index >= 15 is 0 Å². The van der Waals surface area contributed by atoms with Gasteiger partial charge in [-0.1, -0.05) is 19.1 Å². The molecule has 0 aliphatic rings. The van der Waals surface area contributed by atoms with Crippen LogP contribution < -0.4 is 10.1 Å². The van der Waals surface area contributed by atoms with Gasteiger partial charge < -0.3 is 14.5 Å². The molecule has 0 saturated heterocycles. The fourth-order valence-electron chi connectivity index (χ4n) is 1.87. The molecule has 1 aromatic carbocycles. The number of nitrogens with one attached hydrogen (secondary N) is 1. The van der Waals surface area contributed by atoms with Crippen LogP contribution in [0, 0.1) is 6.92 Å². The molecule has 2 rings (SSSR count). The molecule has 0 atom stereocenters. The lowest BCUT2D eigenvalue weighted by Crippen LogP contribution is -2.13. The highest BCUT2D eigenvalue weighted by Crippen LogP contribution is 2.27. The molecule has 19 heavy (non-hydrogen) atoms. The molecule has 4 heteroatoms. The first-order valence-electron chi connectivity index (χ1n) is 6.55. The molecule has 0 radical (unpaired) electrons. The number of rotatable bonds is 6. The average molecular weight is 260 g/mol. The molecule has 2 aromatic rings. The normalized spacial score (nSPS) is 10.7. The molecule has 0 spiro atoms. The number of benzene rings is 1. The minimum atomic E-state index is 0.664. The number of hydrogen-bond acceptors (Lipinski definition) is 4. The second-order valence-corrected chi connectivity index (χ2v) is 4.48. The van der Waals surface area contributed by atoms with Crippen LogP contribution in [0.1, 0.15) is 24.8 Å². The quantitative estimate of drug-likeness (QED) is 0.810. The van der Waals surface area contributed by atoms with Crippen molar-refractivity contribution >= 4 is 0 Å². The van der Waals surface area contributed by atoms with E-state index in [2.05, 4.69) is 17.2 Å². The SMILES string of the molecule is CCCNCc1ncc(-c2ccc(C)c(OC)c2)o1. The van der Waals surface area contributed by atoms with E-state index in [1.807, 2.05) is 25.1 Å². The van der Waals surface area contributed by atoms with Crippen LogP contribution in [-0.4, -0.2) is 18.6 Å². The molecule has 0 saturated carbocycles. The maximum absolute atomic E-state index is 5.73. The largest absolute Gasteiger partial charge is 0.496 e. The van der Waals surface area contributed by atoms with Gasteiger partial charge in [-0.2, -0.15) is 0 Å². The standard InChI is InChI=1S/C15H20N2O2/c1-4-7-16-10-15-17-9-14(19-15)12-6-5-11(2)13(8-12)18-3/h5-6,8-9,16H,4,7,10H2,1-3H3. The predicted molar refractivity (Wildman–Crippen MR) is 75.2 cm³/mol. The molecule has 0 bridgehead atoms. The number of methoxy groups -OCH3 is 1. The van der Waals surface area contributed by atoms with Gasteiger partial charge in [0, 0.05) is 5.56 Å². The second-order valence-electron chi connectivity index (χ2n) is 4.48. The summed E-state index contributed by atoms with van der Waals surface area (Å²) in [5, 5.41) is 3.27. The van der Waals surface area contributed by atoms with Crippen molar-refractivity contribution < 1.29 is 9.15 Å². The number of aromatic nitrogens is 1. The van der Waals surface area contributed by atoms with Gasteiger partial charge in [0.1, 0.15) is 5.75 Å². The van der Waals surface area contributed by atoms with E-state index in [0.29, 0.717) is 12.4 Å². The first kappa shape index (κ1) is 13.6. The van der Waals surface area contributed by atoms with Crippen molar-refractivity contribution in [2.24, 2.45) is 0 Å². The van der Waals surface area contributed by atoms with Crippen molar-refractivity contribution in [3.63, 3.8) is 0 Å². The third kappa shape index (κ3) is 3.35. The number of aryl methyl sites for hydroxylation is 1. The van der Waals surface area contributed by atoms with Crippen molar-refractivity contribution in [2.45, 2.75) is 26.8 Å². The molecule has 0 aliphatic carbocycles. The third-order valence-corrected chi connectivity index (χ3v) is 2.95. The topological polar surface area (TPSA) is 47.3 Å². The highest BCUT2D eigenvalue weighted by atomic mass is 16.5. The van der Waals surface area contributed by atoms with Gasteiger partial charge in [0.05, 0.1) is 19.9 Å². The monoisotopic (exact) mass is 260 g/mol. The van der Waals surface area contributed by atoms with E-state index in [9.17, 15) is 0 Å². The van der Waals surface area contributed by atoms with Gasteiger partial charge in [-0.3, -0.25) is 0 Å². The summed E-state index contributed by atoms with van der Waals surface area (Å²) in [5.74, 6) is 2.34. The summed E-state index contributed by atoms with van der Waals surface area (Å²) in [4.78, 5) is 4.27. The van der Waals surface area contributed by atoms with E-state index in [0.717, 1.165) is 35.6 Å². The summed E-state index contributed by atoms with van der Waals surface area (Å²) in [5.41, 5.74) is 2.09. The Morgan fingerprint density at radius 3 is 2.95 bits per heavy atom. The Hall–Kier alpha value is -1.81. The van der Waals surface area contributed by atoms with Crippen molar-refractivity contribution in [1.29, 1.82) is 0 Å². The van der Waals surface area contributed by atoms with Crippen molar-refractivity contribution in [1.82, 2.24) is 10.3 Å². The van der Waals surface area contributed by atoms with E-state index < -0.39 is 0 Å². The molecule has 0 amide bonds. The van der Waals surface area contributed by atoms with Crippen molar-refractivity contribution in [2.75, 3.05) is 13.7 Å². The first-order valence-corrected chi connectivity index (χ1v) is 6.55. The summed E-state index contributed by atoms with van der Waals surface area (Å²) < 4.78 is 11.0. The van der Waals surface area contributed by atoms with E-state index in [-0.39, 0.29) is 0 Å². The zero-order valence-electron chi connectivity index (χ0n) is 11.7. The van der Waals surface area contributed by atoms with Crippen LogP contribution in [-0.2, 0) is 6.54 Å². The summed E-state index contributed by atoms with van der Waals surface area (Å²) in [6.07, 6.45) is 2.86. The molecule has 0 unspecified atom stereocenters. The van der Waals surface area contributed by atoms with Gasteiger partial charge in [0.15, 0.2) is 5.76 Å². The van der Waals surface area contributed by atoms with Crippen LogP contribution >= 0.6 is 0 Å². The predicted octanol–water partition coefficient (Wildman–Crippen LogP) is 3.16. The van der Waals surface area contributed by atoms with Crippen LogP contribution in [0.5, 0.6) is 5.75 Å². The Labute approximate surface area is 113 Å². The summed E-state index contributed by atoms with van der Waals surface area (Å²) >= 11 is 0. The zero-order chi connectivity index (χ0) is 13.7. The summed E-state index contributed by atoms with van der Waals surface area (Å²) in [6, 6.07) is 6.01. The molecular weight excluding hydrogens is 240 g/mol. The highest BCUT2D eigenvalue weighted by Gasteiger charge is 2.08. The Bertz CT molecular complexity index is 535. The smallest absolute Gasteiger partial charge is 0.208 e. The van der Waals surface area contributed by atoms with Gasteiger partial charge in [0.25, 0.3) is 0 Å². The van der Waals surface area contributed by atoms with Crippen LogP contribution in [0.25, 0.3) is 11.3 Å². The number of nitrogens with zero attached hydrogens (tertiary/aromatic N) is 1. The van der Waals surface area contributed by atoms with Gasteiger partial charge in [0.2, 0.25) is 5.89 Å². The third-order valence-electron chi connectivity index (χ3n) is 2.95. The zero-order valence-corrected chi connectivity index (χ0v) is 11.7. The minimum Gasteiger partial charge on any atom is -0.496 e. The van der Waals surface area contributed by atoms with Crippen molar-refractivity contribution in [3.05, 3.63) is 35.9 Å². The van der Waals surface area contributed by atoms with Crippen LogP contribution in [0.4, 0.5) is 0 Å². The Kier molecular flexibility index (Phi) is 4.58. The fourth-order valence-corrected chi connectivity index (χ4v) is 1.87. The summed E-state index contributed by atoms with van der Waals surface area (Å²) in [6.45, 7) is 5.78. The van der Waals surface area contributed by atoms with Crippen LogP contribution in [0.15, 0.2) is 28.8 Å². The molecule has 1 heterocycles. The fraction of sp³-hybridized carbons (Fsp3) is 0.400. The van der Waals surface area contributed by atoms with E-state index in [4.69, 9.17) is 9.15 Å². The van der Waals surface area contributed by atoms with Gasteiger partial charge in [-0.05, 0) is 31.5 Å². The molecule has 1 N–H and O–H groups in total. The second kappa shape index (κ2) is 6.38. The Morgan fingerprint density at radius 2 is 2.21 bits per heavy atom. The van der Waals surface area contributed by atoms with Crippen molar-refractivity contribution in [3.8, 4) is 17.1 Å². The van der Waals surface area contributed by atoms with Gasteiger partial charge in [-0.25, -0.2) is 4.98 Å². The van der Waals surface area contributed by atoms with Crippen LogP contribution in [0.3, 0.4) is 0 Å². The first-order chi connectivity index (χ1) is 9.24. The number of hydrogen-bond donors (Lipinski definition) is 1. The lowest BCUT2D eigenvalue weighted by molar-refractivity contribution is 0.411. The molecule has 102 valence electrons. The van der Waals surface area contributed by atoms with E-state index in [1.54, 1.807) is 13.3 Å². The lowest BCUT2D eigenvalue weighted by atomic mass is 10.1. The molecule has 4 nitrogen and oxygen atoms in total. The summed E-state index contributed by atoms with van der Waals surface area (Å²) in [7, 11) is 1.67. The molecular formula is C15H20N2O2. The molecule has 0 aliphatic heterocycles. The van der Waals surface area contributed by atoms with Gasteiger partial charge >= 0.3 is 0 Å². The van der Waals surface area contributed by atoms with Gasteiger partial charge in [-0.15, -0.1) is 0 Å². The Morgan fingerprint density at radius 1 is 1.37 bits per heavy atom. The number of ether oxygens (including phenoxy) is 1. The number of oxazole rings is 1.